The minimum absolute atomic E-state index is 0.154. The van der Waals surface area contributed by atoms with Gasteiger partial charge in [-0.2, -0.15) is 0 Å². The highest BCUT2D eigenvalue weighted by molar-refractivity contribution is 5.70. The maximum Gasteiger partial charge on any atom is 0.308 e. The molecule has 3 heteroatoms. The number of ether oxygens (including phenoxy) is 2. The quantitative estimate of drug-likeness (QED) is 0.631. The number of hydrogen-bond donors (Lipinski definition) is 0. The Labute approximate surface area is 79.4 Å². The Morgan fingerprint density at radius 2 is 2.38 bits per heavy atom. The van der Waals surface area contributed by atoms with Gasteiger partial charge in [0.15, 0.2) is 0 Å². The van der Waals surface area contributed by atoms with Crippen molar-refractivity contribution in [2.45, 2.75) is 51.7 Å². The third kappa shape index (κ3) is 2.99. The SMILES string of the molecule is CCOC(=O)CC1(C)CCC(C)O1. The molecule has 1 saturated heterocycles. The maximum absolute atomic E-state index is 11.2. The molecule has 0 radical (unpaired) electrons. The monoisotopic (exact) mass is 186 g/mol. The van der Waals surface area contributed by atoms with Gasteiger partial charge >= 0.3 is 5.97 Å². The lowest BCUT2D eigenvalue weighted by Crippen LogP contribution is -2.28. The van der Waals surface area contributed by atoms with E-state index in [1.54, 1.807) is 0 Å². The standard InChI is InChI=1S/C10H18O3/c1-4-12-9(11)7-10(3)6-5-8(2)13-10/h8H,4-7H2,1-3H3. The van der Waals surface area contributed by atoms with Crippen molar-refractivity contribution >= 4 is 5.97 Å². The van der Waals surface area contributed by atoms with Crippen molar-refractivity contribution in [3.63, 3.8) is 0 Å². The predicted octanol–water partition coefficient (Wildman–Crippen LogP) is 1.90. The lowest BCUT2D eigenvalue weighted by molar-refractivity contribution is -0.149. The van der Waals surface area contributed by atoms with E-state index in [9.17, 15) is 4.79 Å². The zero-order chi connectivity index (χ0) is 9.90. The van der Waals surface area contributed by atoms with Crippen LogP contribution in [-0.4, -0.2) is 24.3 Å². The van der Waals surface area contributed by atoms with Gasteiger partial charge in [0.05, 0.1) is 24.7 Å². The summed E-state index contributed by atoms with van der Waals surface area (Å²) < 4.78 is 10.6. The summed E-state index contributed by atoms with van der Waals surface area (Å²) in [5.41, 5.74) is -0.286. The molecule has 0 aromatic carbocycles. The summed E-state index contributed by atoms with van der Waals surface area (Å²) in [5, 5.41) is 0. The molecule has 2 unspecified atom stereocenters. The van der Waals surface area contributed by atoms with Crippen LogP contribution >= 0.6 is 0 Å². The van der Waals surface area contributed by atoms with Crippen LogP contribution in [0.15, 0.2) is 0 Å². The molecule has 76 valence electrons. The summed E-state index contributed by atoms with van der Waals surface area (Å²) in [7, 11) is 0. The van der Waals surface area contributed by atoms with Gasteiger partial charge in [0.1, 0.15) is 0 Å². The smallest absolute Gasteiger partial charge is 0.308 e. The van der Waals surface area contributed by atoms with Crippen LogP contribution in [0, 0.1) is 0 Å². The van der Waals surface area contributed by atoms with Crippen LogP contribution in [0.25, 0.3) is 0 Å². The Morgan fingerprint density at radius 1 is 1.69 bits per heavy atom. The van der Waals surface area contributed by atoms with Gasteiger partial charge in [0.2, 0.25) is 0 Å². The molecule has 1 aliphatic heterocycles. The minimum atomic E-state index is -0.286. The Kier molecular flexibility index (Phi) is 3.31. The molecule has 0 amide bonds. The van der Waals surface area contributed by atoms with Gasteiger partial charge in [0.25, 0.3) is 0 Å². The van der Waals surface area contributed by atoms with Crippen LogP contribution in [0.1, 0.15) is 40.0 Å². The van der Waals surface area contributed by atoms with Crippen molar-refractivity contribution in [3.05, 3.63) is 0 Å². The molecule has 1 fully saturated rings. The van der Waals surface area contributed by atoms with Crippen LogP contribution in [-0.2, 0) is 14.3 Å². The van der Waals surface area contributed by atoms with Gasteiger partial charge in [-0.3, -0.25) is 4.79 Å². The van der Waals surface area contributed by atoms with Crippen molar-refractivity contribution in [2.75, 3.05) is 6.61 Å². The molecule has 0 aromatic rings. The Morgan fingerprint density at radius 3 is 2.85 bits per heavy atom. The predicted molar refractivity (Wildman–Crippen MR) is 49.4 cm³/mol. The summed E-state index contributed by atoms with van der Waals surface area (Å²) in [4.78, 5) is 11.2. The first-order valence-corrected chi connectivity index (χ1v) is 4.89. The highest BCUT2D eigenvalue weighted by Crippen LogP contribution is 2.32. The Bertz CT molecular complexity index is 191. The highest BCUT2D eigenvalue weighted by atomic mass is 16.5. The summed E-state index contributed by atoms with van der Waals surface area (Å²) in [6.45, 7) is 6.28. The van der Waals surface area contributed by atoms with E-state index >= 15 is 0 Å². The summed E-state index contributed by atoms with van der Waals surface area (Å²) in [6.07, 6.45) is 2.65. The third-order valence-corrected chi connectivity index (χ3v) is 2.39. The molecule has 1 heterocycles. The lowest BCUT2D eigenvalue weighted by Gasteiger charge is -2.22. The van der Waals surface area contributed by atoms with E-state index in [0.717, 1.165) is 12.8 Å². The second-order valence-corrected chi connectivity index (χ2v) is 3.90. The van der Waals surface area contributed by atoms with E-state index in [1.807, 2.05) is 20.8 Å². The number of hydrogen-bond acceptors (Lipinski definition) is 3. The van der Waals surface area contributed by atoms with Gasteiger partial charge in [-0.25, -0.2) is 0 Å². The Balaban J connectivity index is 2.39. The molecule has 0 N–H and O–H groups in total. The van der Waals surface area contributed by atoms with E-state index in [2.05, 4.69) is 0 Å². The Hall–Kier alpha value is -0.570. The molecule has 0 saturated carbocycles. The van der Waals surface area contributed by atoms with Crippen molar-refractivity contribution < 1.29 is 14.3 Å². The molecule has 2 atom stereocenters. The molecule has 3 nitrogen and oxygen atoms in total. The van der Waals surface area contributed by atoms with Gasteiger partial charge in [-0.15, -0.1) is 0 Å². The number of carbonyl (C=O) groups is 1. The summed E-state index contributed by atoms with van der Waals surface area (Å²) in [6, 6.07) is 0. The molecule has 0 aliphatic carbocycles. The number of carbonyl (C=O) groups excluding carboxylic acids is 1. The molecular weight excluding hydrogens is 168 g/mol. The topological polar surface area (TPSA) is 35.5 Å². The molecule has 13 heavy (non-hydrogen) atoms. The van der Waals surface area contributed by atoms with Gasteiger partial charge in [-0.1, -0.05) is 0 Å². The second kappa shape index (κ2) is 4.09. The zero-order valence-electron chi connectivity index (χ0n) is 8.63. The van der Waals surface area contributed by atoms with Crippen LogP contribution in [0.4, 0.5) is 0 Å². The molecule has 0 spiro atoms. The average molecular weight is 186 g/mol. The first kappa shape index (κ1) is 10.5. The van der Waals surface area contributed by atoms with E-state index in [4.69, 9.17) is 9.47 Å². The van der Waals surface area contributed by atoms with E-state index < -0.39 is 0 Å². The summed E-state index contributed by atoms with van der Waals surface area (Å²) in [5.74, 6) is -0.154. The highest BCUT2D eigenvalue weighted by Gasteiger charge is 2.36. The fourth-order valence-corrected chi connectivity index (χ4v) is 1.76. The molecule has 1 rings (SSSR count). The minimum Gasteiger partial charge on any atom is -0.466 e. The van der Waals surface area contributed by atoms with E-state index in [-0.39, 0.29) is 17.7 Å². The van der Waals surface area contributed by atoms with Crippen molar-refractivity contribution in [3.8, 4) is 0 Å². The summed E-state index contributed by atoms with van der Waals surface area (Å²) >= 11 is 0. The van der Waals surface area contributed by atoms with Gasteiger partial charge in [-0.05, 0) is 33.6 Å². The largest absolute Gasteiger partial charge is 0.466 e. The second-order valence-electron chi connectivity index (χ2n) is 3.90. The van der Waals surface area contributed by atoms with E-state index in [0.29, 0.717) is 13.0 Å². The van der Waals surface area contributed by atoms with Gasteiger partial charge in [0, 0.05) is 0 Å². The molecule has 0 aromatic heterocycles. The zero-order valence-corrected chi connectivity index (χ0v) is 8.63. The lowest BCUT2D eigenvalue weighted by atomic mass is 9.98. The van der Waals surface area contributed by atoms with Crippen LogP contribution in [0.5, 0.6) is 0 Å². The van der Waals surface area contributed by atoms with Crippen molar-refractivity contribution in [1.82, 2.24) is 0 Å². The fraction of sp³-hybridized carbons (Fsp3) is 0.900. The molecule has 0 bridgehead atoms. The van der Waals surface area contributed by atoms with Crippen LogP contribution in [0.2, 0.25) is 0 Å². The van der Waals surface area contributed by atoms with Crippen molar-refractivity contribution in [2.24, 2.45) is 0 Å². The normalized spacial score (nSPS) is 33.3. The van der Waals surface area contributed by atoms with E-state index in [1.165, 1.54) is 0 Å². The number of esters is 1. The number of rotatable bonds is 3. The first-order valence-electron chi connectivity index (χ1n) is 4.89. The van der Waals surface area contributed by atoms with Gasteiger partial charge < -0.3 is 9.47 Å². The first-order chi connectivity index (χ1) is 6.06. The molecular formula is C10H18O3. The van der Waals surface area contributed by atoms with Crippen molar-refractivity contribution in [1.29, 1.82) is 0 Å². The average Bonchev–Trinajstić information content (AvgIpc) is 2.30. The third-order valence-electron chi connectivity index (χ3n) is 2.39. The fourth-order valence-electron chi connectivity index (χ4n) is 1.76. The molecule has 1 aliphatic rings. The van der Waals surface area contributed by atoms with Crippen LogP contribution < -0.4 is 0 Å². The van der Waals surface area contributed by atoms with Crippen LogP contribution in [0.3, 0.4) is 0 Å². The maximum atomic E-state index is 11.2.